The summed E-state index contributed by atoms with van der Waals surface area (Å²) in [5.74, 6) is 0.0735. The summed E-state index contributed by atoms with van der Waals surface area (Å²) < 4.78 is 0.930. The lowest BCUT2D eigenvalue weighted by molar-refractivity contribution is -0.127. The fourth-order valence-corrected chi connectivity index (χ4v) is 2.74. The van der Waals surface area contributed by atoms with Crippen LogP contribution in [-0.4, -0.2) is 23.9 Å². The van der Waals surface area contributed by atoms with E-state index in [1.54, 1.807) is 18.0 Å². The van der Waals surface area contributed by atoms with E-state index in [0.29, 0.717) is 11.4 Å². The molecular formula is C11H12BrClN2O. The maximum absolute atomic E-state index is 11.6. The normalized spacial score (nSPS) is 25.2. The Morgan fingerprint density at radius 1 is 1.56 bits per heavy atom. The van der Waals surface area contributed by atoms with Crippen molar-refractivity contribution in [3.05, 3.63) is 33.3 Å². The molecule has 1 saturated heterocycles. The molecule has 2 rings (SSSR count). The Labute approximate surface area is 108 Å². The van der Waals surface area contributed by atoms with Crippen molar-refractivity contribution in [3.63, 3.8) is 0 Å². The molecule has 0 radical (unpaired) electrons. The lowest BCUT2D eigenvalue weighted by atomic mass is 10.0. The Kier molecular flexibility index (Phi) is 3.24. The number of nitrogens with zero attached hydrogens (tertiary/aromatic N) is 1. The van der Waals surface area contributed by atoms with E-state index in [2.05, 4.69) is 15.9 Å². The molecule has 0 spiro atoms. The maximum atomic E-state index is 11.6. The van der Waals surface area contributed by atoms with Crippen molar-refractivity contribution < 1.29 is 4.79 Å². The third kappa shape index (κ3) is 1.97. The second-order valence-electron chi connectivity index (χ2n) is 3.98. The monoisotopic (exact) mass is 302 g/mol. The summed E-state index contributed by atoms with van der Waals surface area (Å²) in [5, 5.41) is 0.651. The molecule has 2 atom stereocenters. The lowest BCUT2D eigenvalue weighted by Crippen LogP contribution is -2.30. The molecule has 1 aromatic carbocycles. The summed E-state index contributed by atoms with van der Waals surface area (Å²) >= 11 is 9.43. The third-order valence-corrected chi connectivity index (χ3v) is 3.86. The van der Waals surface area contributed by atoms with Crippen molar-refractivity contribution in [2.75, 3.05) is 7.05 Å². The number of hydrogen-bond donors (Lipinski definition) is 1. The van der Waals surface area contributed by atoms with E-state index in [1.807, 2.05) is 12.1 Å². The molecule has 0 bridgehead atoms. The lowest BCUT2D eigenvalue weighted by Gasteiger charge is -2.24. The summed E-state index contributed by atoms with van der Waals surface area (Å²) in [6.07, 6.45) is 0.389. The molecule has 2 unspecified atom stereocenters. The smallest absolute Gasteiger partial charge is 0.224 e. The number of amides is 1. The van der Waals surface area contributed by atoms with Gasteiger partial charge in [0.15, 0.2) is 0 Å². The van der Waals surface area contributed by atoms with Gasteiger partial charge >= 0.3 is 0 Å². The van der Waals surface area contributed by atoms with Gasteiger partial charge in [-0.2, -0.15) is 0 Å². The van der Waals surface area contributed by atoms with Gasteiger partial charge in [0.1, 0.15) is 0 Å². The van der Waals surface area contributed by atoms with E-state index in [-0.39, 0.29) is 18.0 Å². The zero-order valence-corrected chi connectivity index (χ0v) is 11.1. The van der Waals surface area contributed by atoms with E-state index < -0.39 is 0 Å². The summed E-state index contributed by atoms with van der Waals surface area (Å²) in [5.41, 5.74) is 6.95. The first-order valence-electron chi connectivity index (χ1n) is 4.97. The van der Waals surface area contributed by atoms with Crippen LogP contribution in [0.5, 0.6) is 0 Å². The van der Waals surface area contributed by atoms with Crippen LogP contribution in [0.2, 0.25) is 5.02 Å². The Morgan fingerprint density at radius 3 is 2.81 bits per heavy atom. The summed E-state index contributed by atoms with van der Waals surface area (Å²) in [6, 6.07) is 5.26. The minimum atomic E-state index is -0.174. The van der Waals surface area contributed by atoms with Crippen molar-refractivity contribution in [2.45, 2.75) is 18.5 Å². The summed E-state index contributed by atoms with van der Waals surface area (Å²) in [4.78, 5) is 13.2. The van der Waals surface area contributed by atoms with Crippen molar-refractivity contribution in [1.82, 2.24) is 4.90 Å². The first kappa shape index (κ1) is 11.9. The molecule has 86 valence electrons. The molecule has 1 aliphatic rings. The molecule has 5 heteroatoms. The van der Waals surface area contributed by atoms with Crippen LogP contribution in [0.3, 0.4) is 0 Å². The molecule has 1 fully saturated rings. The molecule has 1 amide bonds. The molecule has 2 N–H and O–H groups in total. The van der Waals surface area contributed by atoms with Gasteiger partial charge in [0.2, 0.25) is 5.91 Å². The Bertz CT molecular complexity index is 438. The number of hydrogen-bond acceptors (Lipinski definition) is 2. The Hall–Kier alpha value is -0.580. The van der Waals surface area contributed by atoms with Gasteiger partial charge < -0.3 is 10.6 Å². The molecule has 1 aromatic rings. The Morgan fingerprint density at radius 2 is 2.25 bits per heavy atom. The first-order valence-corrected chi connectivity index (χ1v) is 6.14. The highest BCUT2D eigenvalue weighted by molar-refractivity contribution is 9.10. The van der Waals surface area contributed by atoms with Crippen LogP contribution >= 0.6 is 27.5 Å². The van der Waals surface area contributed by atoms with Gasteiger partial charge in [0, 0.05) is 29.0 Å². The van der Waals surface area contributed by atoms with E-state index in [0.717, 1.165) is 10.0 Å². The highest BCUT2D eigenvalue weighted by Crippen LogP contribution is 2.36. The van der Waals surface area contributed by atoms with Gasteiger partial charge in [0.05, 0.1) is 6.04 Å². The maximum Gasteiger partial charge on any atom is 0.224 e. The van der Waals surface area contributed by atoms with E-state index >= 15 is 0 Å². The number of benzene rings is 1. The standard InChI is InChI=1S/C11H12BrClN2O/c1-15-10(16)5-9(14)11(15)7-4-6(13)2-3-8(7)12/h2-4,9,11H,5,14H2,1H3. The van der Waals surface area contributed by atoms with Crippen LogP contribution in [0.1, 0.15) is 18.0 Å². The van der Waals surface area contributed by atoms with Crippen molar-refractivity contribution in [3.8, 4) is 0 Å². The number of likely N-dealkylation sites (tertiary alicyclic amines) is 1. The number of carbonyl (C=O) groups is 1. The van der Waals surface area contributed by atoms with Crippen molar-refractivity contribution >= 4 is 33.4 Å². The summed E-state index contributed by atoms with van der Waals surface area (Å²) in [6.45, 7) is 0. The van der Waals surface area contributed by atoms with Crippen molar-refractivity contribution in [1.29, 1.82) is 0 Å². The zero-order chi connectivity index (χ0) is 11.9. The Balaban J connectivity index is 2.43. The van der Waals surface area contributed by atoms with Gasteiger partial charge in [-0.15, -0.1) is 0 Å². The number of halogens is 2. The van der Waals surface area contributed by atoms with Crippen LogP contribution in [0.25, 0.3) is 0 Å². The second kappa shape index (κ2) is 4.35. The van der Waals surface area contributed by atoms with E-state index in [4.69, 9.17) is 17.3 Å². The first-order chi connectivity index (χ1) is 7.50. The zero-order valence-electron chi connectivity index (χ0n) is 8.78. The van der Waals surface area contributed by atoms with Crippen LogP contribution in [0, 0.1) is 0 Å². The van der Waals surface area contributed by atoms with Gasteiger partial charge in [0.25, 0.3) is 0 Å². The number of carbonyl (C=O) groups excluding carboxylic acids is 1. The van der Waals surface area contributed by atoms with Gasteiger partial charge in [-0.1, -0.05) is 27.5 Å². The van der Waals surface area contributed by atoms with Crippen molar-refractivity contribution in [2.24, 2.45) is 5.73 Å². The molecule has 16 heavy (non-hydrogen) atoms. The number of nitrogens with two attached hydrogens (primary N) is 1. The fourth-order valence-electron chi connectivity index (χ4n) is 2.08. The quantitative estimate of drug-likeness (QED) is 0.865. The van der Waals surface area contributed by atoms with E-state index in [9.17, 15) is 4.79 Å². The summed E-state index contributed by atoms with van der Waals surface area (Å²) in [7, 11) is 1.77. The number of likely N-dealkylation sites (N-methyl/N-ethyl adjacent to an activating group) is 1. The molecule has 0 aromatic heterocycles. The van der Waals surface area contributed by atoms with Gasteiger partial charge in [-0.3, -0.25) is 4.79 Å². The van der Waals surface area contributed by atoms with Crippen LogP contribution < -0.4 is 5.73 Å². The van der Waals surface area contributed by atoms with Crippen LogP contribution in [-0.2, 0) is 4.79 Å². The van der Waals surface area contributed by atoms with Gasteiger partial charge in [-0.25, -0.2) is 0 Å². The van der Waals surface area contributed by atoms with E-state index in [1.165, 1.54) is 0 Å². The molecule has 1 aliphatic heterocycles. The molecule has 3 nitrogen and oxygen atoms in total. The second-order valence-corrected chi connectivity index (χ2v) is 5.27. The SMILES string of the molecule is CN1C(=O)CC(N)C1c1cc(Cl)ccc1Br. The predicted molar refractivity (Wildman–Crippen MR) is 67.3 cm³/mol. The average molecular weight is 304 g/mol. The van der Waals surface area contributed by atoms with Gasteiger partial charge in [-0.05, 0) is 23.8 Å². The van der Waals surface area contributed by atoms with Crippen LogP contribution in [0.15, 0.2) is 22.7 Å². The topological polar surface area (TPSA) is 46.3 Å². The average Bonchev–Trinajstić information content (AvgIpc) is 2.46. The minimum Gasteiger partial charge on any atom is -0.337 e. The largest absolute Gasteiger partial charge is 0.337 e. The number of rotatable bonds is 1. The third-order valence-electron chi connectivity index (χ3n) is 2.90. The highest BCUT2D eigenvalue weighted by atomic mass is 79.9. The fraction of sp³-hybridized carbons (Fsp3) is 0.364. The molecule has 0 saturated carbocycles. The molecule has 0 aliphatic carbocycles. The van der Waals surface area contributed by atoms with Crippen LogP contribution in [0.4, 0.5) is 0 Å². The molecular weight excluding hydrogens is 291 g/mol. The highest BCUT2D eigenvalue weighted by Gasteiger charge is 2.37. The molecule has 1 heterocycles. The minimum absolute atomic E-state index is 0.0735. The predicted octanol–water partition coefficient (Wildman–Crippen LogP) is 2.33.